The van der Waals surface area contributed by atoms with Crippen LogP contribution < -0.4 is 19.7 Å². The van der Waals surface area contributed by atoms with Crippen LogP contribution in [0.1, 0.15) is 16.7 Å². The largest absolute Gasteiger partial charge is 0.454 e. The molecule has 1 atom stereocenters. The molecule has 2 aromatic rings. The van der Waals surface area contributed by atoms with Gasteiger partial charge in [-0.05, 0) is 43.2 Å². The van der Waals surface area contributed by atoms with Gasteiger partial charge in [0.05, 0.1) is 7.05 Å². The van der Waals surface area contributed by atoms with Crippen molar-refractivity contribution < 1.29 is 19.2 Å². The average Bonchev–Trinajstić information content (AvgIpc) is 2.99. The van der Waals surface area contributed by atoms with Gasteiger partial charge >= 0.3 is 0 Å². The number of nitrogens with one attached hydrogen (secondary N) is 2. The Hall–Kier alpha value is -2.05. The number of rotatable bonds is 5. The quantitative estimate of drug-likeness (QED) is 0.802. The fourth-order valence-electron chi connectivity index (χ4n) is 2.84. The predicted octanol–water partition coefficient (Wildman–Crippen LogP) is 2.45. The molecule has 0 spiro atoms. The van der Waals surface area contributed by atoms with E-state index >= 15 is 0 Å². The lowest BCUT2D eigenvalue weighted by Crippen LogP contribution is -3.08. The zero-order valence-corrected chi connectivity index (χ0v) is 16.2. The van der Waals surface area contributed by atoms with E-state index in [1.165, 1.54) is 5.56 Å². The van der Waals surface area contributed by atoms with Crippen molar-refractivity contribution in [2.45, 2.75) is 20.4 Å². The average molecular weight is 406 g/mol. The van der Waals surface area contributed by atoms with Gasteiger partial charge in [0.25, 0.3) is 5.91 Å². The van der Waals surface area contributed by atoms with Crippen LogP contribution in [-0.2, 0) is 11.3 Å². The molecule has 0 fully saturated rings. The lowest BCUT2D eigenvalue weighted by atomic mass is 10.1. The number of ether oxygens (including phenoxy) is 2. The van der Waals surface area contributed by atoms with Crippen LogP contribution in [0, 0.1) is 13.8 Å². The fraction of sp³-hybridized carbons (Fsp3) is 0.316. The molecule has 0 aromatic heterocycles. The minimum Gasteiger partial charge on any atom is -0.454 e. The number of carbonyl (C=O) groups excluding carboxylic acids is 1. The Bertz CT molecular complexity index is 807. The summed E-state index contributed by atoms with van der Waals surface area (Å²) in [6.07, 6.45) is 0. The standard InChI is InChI=1S/C19H21BrN2O3/c1-12-5-4-6-16(13(12)2)21-19(23)10-22(3)9-14-7-17-18(8-15(14)20)25-11-24-17/h4-8H,9-11H2,1-3H3,(H,21,23)/p+1. The molecule has 2 N–H and O–H groups in total. The molecule has 1 unspecified atom stereocenters. The van der Waals surface area contributed by atoms with Gasteiger partial charge in [-0.15, -0.1) is 0 Å². The van der Waals surface area contributed by atoms with Crippen LogP contribution in [0.2, 0.25) is 0 Å². The molecule has 1 aliphatic rings. The second kappa shape index (κ2) is 7.45. The van der Waals surface area contributed by atoms with Gasteiger partial charge in [-0.25, -0.2) is 0 Å². The van der Waals surface area contributed by atoms with Crippen molar-refractivity contribution in [2.24, 2.45) is 0 Å². The fourth-order valence-corrected chi connectivity index (χ4v) is 3.30. The SMILES string of the molecule is Cc1cccc(NC(=O)C[NH+](C)Cc2cc3c(cc2Br)OCO3)c1C. The lowest BCUT2D eigenvalue weighted by Gasteiger charge is -2.16. The highest BCUT2D eigenvalue weighted by atomic mass is 79.9. The van der Waals surface area contributed by atoms with Gasteiger partial charge in [-0.1, -0.05) is 28.1 Å². The number of hydrogen-bond acceptors (Lipinski definition) is 3. The first-order chi connectivity index (χ1) is 11.9. The van der Waals surface area contributed by atoms with E-state index in [0.29, 0.717) is 13.1 Å². The number of halogens is 1. The van der Waals surface area contributed by atoms with Crippen LogP contribution in [0.25, 0.3) is 0 Å². The van der Waals surface area contributed by atoms with Gasteiger partial charge in [-0.2, -0.15) is 0 Å². The van der Waals surface area contributed by atoms with Gasteiger partial charge < -0.3 is 19.7 Å². The predicted molar refractivity (Wildman–Crippen MR) is 100 cm³/mol. The van der Waals surface area contributed by atoms with Crippen molar-refractivity contribution in [3.8, 4) is 11.5 Å². The van der Waals surface area contributed by atoms with E-state index in [0.717, 1.165) is 37.7 Å². The molecule has 6 heteroatoms. The van der Waals surface area contributed by atoms with Crippen molar-refractivity contribution in [3.05, 3.63) is 51.5 Å². The van der Waals surface area contributed by atoms with E-state index in [2.05, 4.69) is 21.2 Å². The Morgan fingerprint density at radius 2 is 1.96 bits per heavy atom. The van der Waals surface area contributed by atoms with E-state index in [1.54, 1.807) is 0 Å². The first kappa shape index (κ1) is 17.8. The summed E-state index contributed by atoms with van der Waals surface area (Å²) in [7, 11) is 2.00. The summed E-state index contributed by atoms with van der Waals surface area (Å²) in [6, 6.07) is 9.82. The summed E-state index contributed by atoms with van der Waals surface area (Å²) in [5.41, 5.74) is 4.23. The molecule has 1 amide bonds. The second-order valence-corrected chi connectivity index (χ2v) is 7.26. The molecule has 0 saturated carbocycles. The van der Waals surface area contributed by atoms with Crippen molar-refractivity contribution in [3.63, 3.8) is 0 Å². The maximum Gasteiger partial charge on any atom is 0.279 e. The monoisotopic (exact) mass is 405 g/mol. The summed E-state index contributed by atoms with van der Waals surface area (Å²) < 4.78 is 11.8. The van der Waals surface area contributed by atoms with Crippen LogP contribution in [0.5, 0.6) is 11.5 Å². The molecule has 25 heavy (non-hydrogen) atoms. The summed E-state index contributed by atoms with van der Waals surface area (Å²) in [4.78, 5) is 13.4. The summed E-state index contributed by atoms with van der Waals surface area (Å²) in [5, 5.41) is 3.01. The topological polar surface area (TPSA) is 52.0 Å². The summed E-state index contributed by atoms with van der Waals surface area (Å²) in [5.74, 6) is 1.51. The Morgan fingerprint density at radius 3 is 2.72 bits per heavy atom. The normalized spacial score (nSPS) is 13.6. The van der Waals surface area contributed by atoms with Crippen LogP contribution >= 0.6 is 15.9 Å². The molecule has 0 saturated heterocycles. The molecule has 3 rings (SSSR count). The molecular formula is C19H22BrN2O3+. The highest BCUT2D eigenvalue weighted by molar-refractivity contribution is 9.10. The molecule has 0 aliphatic carbocycles. The number of fused-ring (bicyclic) bond motifs is 1. The summed E-state index contributed by atoms with van der Waals surface area (Å²) in [6.45, 7) is 5.41. The highest BCUT2D eigenvalue weighted by Crippen LogP contribution is 2.36. The third kappa shape index (κ3) is 4.14. The van der Waals surface area contributed by atoms with Gasteiger partial charge in [0.2, 0.25) is 6.79 Å². The zero-order chi connectivity index (χ0) is 18.0. The maximum atomic E-state index is 12.4. The smallest absolute Gasteiger partial charge is 0.279 e. The number of quaternary nitrogens is 1. The van der Waals surface area contributed by atoms with Crippen molar-refractivity contribution >= 4 is 27.5 Å². The van der Waals surface area contributed by atoms with Gasteiger partial charge in [-0.3, -0.25) is 4.79 Å². The number of carbonyl (C=O) groups is 1. The van der Waals surface area contributed by atoms with Gasteiger partial charge in [0.15, 0.2) is 18.0 Å². The van der Waals surface area contributed by atoms with Crippen molar-refractivity contribution in [2.75, 3.05) is 25.7 Å². The molecule has 5 nitrogen and oxygen atoms in total. The second-order valence-electron chi connectivity index (χ2n) is 6.40. The highest BCUT2D eigenvalue weighted by Gasteiger charge is 2.19. The first-order valence-corrected chi connectivity index (χ1v) is 8.98. The molecule has 1 aliphatic heterocycles. The van der Waals surface area contributed by atoms with E-state index < -0.39 is 0 Å². The van der Waals surface area contributed by atoms with E-state index in [1.807, 2.05) is 51.2 Å². The van der Waals surface area contributed by atoms with Crippen molar-refractivity contribution in [1.29, 1.82) is 0 Å². The number of aryl methyl sites for hydroxylation is 1. The van der Waals surface area contributed by atoms with E-state index in [9.17, 15) is 4.79 Å². The van der Waals surface area contributed by atoms with Crippen LogP contribution in [0.15, 0.2) is 34.8 Å². The van der Waals surface area contributed by atoms with E-state index in [4.69, 9.17) is 9.47 Å². The van der Waals surface area contributed by atoms with Gasteiger partial charge in [0, 0.05) is 15.7 Å². The van der Waals surface area contributed by atoms with E-state index in [-0.39, 0.29) is 12.7 Å². The first-order valence-electron chi connectivity index (χ1n) is 8.19. The molecule has 0 bridgehead atoms. The summed E-state index contributed by atoms with van der Waals surface area (Å²) >= 11 is 3.57. The zero-order valence-electron chi connectivity index (χ0n) is 14.6. The van der Waals surface area contributed by atoms with Crippen LogP contribution in [0.3, 0.4) is 0 Å². The van der Waals surface area contributed by atoms with Crippen LogP contribution in [-0.4, -0.2) is 26.3 Å². The Labute approximate surface area is 156 Å². The third-order valence-corrected chi connectivity index (χ3v) is 5.11. The number of hydrogen-bond donors (Lipinski definition) is 2. The number of likely N-dealkylation sites (N-methyl/N-ethyl adjacent to an activating group) is 1. The molecular weight excluding hydrogens is 384 g/mol. The third-order valence-electron chi connectivity index (χ3n) is 4.37. The molecule has 2 aromatic carbocycles. The maximum absolute atomic E-state index is 12.4. The number of anilines is 1. The minimum atomic E-state index is 0.00284. The Morgan fingerprint density at radius 1 is 1.24 bits per heavy atom. The lowest BCUT2D eigenvalue weighted by molar-refractivity contribution is -0.885. The van der Waals surface area contributed by atoms with Crippen molar-refractivity contribution in [1.82, 2.24) is 0 Å². The number of benzene rings is 2. The van der Waals surface area contributed by atoms with Gasteiger partial charge in [0.1, 0.15) is 6.54 Å². The minimum absolute atomic E-state index is 0.00284. The molecule has 1 heterocycles. The Kier molecular flexibility index (Phi) is 5.30. The Balaban J connectivity index is 1.62. The number of amides is 1. The van der Waals surface area contributed by atoms with Crippen LogP contribution in [0.4, 0.5) is 5.69 Å². The molecule has 0 radical (unpaired) electrons. The molecule has 132 valence electrons.